The second-order valence-corrected chi connectivity index (χ2v) is 10.3. The highest BCUT2D eigenvalue weighted by Gasteiger charge is 2.55. The first-order valence-corrected chi connectivity index (χ1v) is 12.3. The molecule has 2 saturated heterocycles. The predicted molar refractivity (Wildman–Crippen MR) is 119 cm³/mol. The summed E-state index contributed by atoms with van der Waals surface area (Å²) in [5, 5.41) is 25.5. The highest BCUT2D eigenvalue weighted by molar-refractivity contribution is 7.84. The van der Waals surface area contributed by atoms with Crippen LogP contribution in [0.15, 0.2) is 10.5 Å². The van der Waals surface area contributed by atoms with Crippen LogP contribution in [-0.4, -0.2) is 110 Å². The summed E-state index contributed by atoms with van der Waals surface area (Å²) in [6.07, 6.45) is -1.79. The minimum absolute atomic E-state index is 0.0316. The second kappa shape index (κ2) is 9.84. The lowest BCUT2D eigenvalue weighted by Crippen LogP contribution is -2.74. The fourth-order valence-corrected chi connectivity index (χ4v) is 4.61. The van der Waals surface area contributed by atoms with E-state index in [0.717, 1.165) is 30.1 Å². The van der Waals surface area contributed by atoms with Crippen LogP contribution in [0.2, 0.25) is 0 Å². The van der Waals surface area contributed by atoms with Crippen LogP contribution in [0.3, 0.4) is 0 Å². The quantitative estimate of drug-likeness (QED) is 0.0884. The number of aromatic nitrogens is 1. The van der Waals surface area contributed by atoms with Crippen LogP contribution in [-0.2, 0) is 34.3 Å². The molecule has 3 atom stereocenters. The number of aliphatic hydroxyl groups excluding tert-OH is 1. The zero-order chi connectivity index (χ0) is 27.0. The van der Waals surface area contributed by atoms with E-state index < -0.39 is 76.8 Å². The van der Waals surface area contributed by atoms with Crippen LogP contribution < -0.4 is 11.1 Å². The Bertz CT molecular complexity index is 1210. The summed E-state index contributed by atoms with van der Waals surface area (Å²) in [5.41, 5.74) is 3.03. The Balaban J connectivity index is 1.86. The average molecular weight is 551 g/mol. The average Bonchev–Trinajstić information content (AvgIpc) is 3.35. The zero-order valence-corrected chi connectivity index (χ0v) is 20.4. The number of hydrogen-bond acceptors (Lipinski definition) is 13. The number of amides is 3. The number of ether oxygens (including phenoxy) is 1. The summed E-state index contributed by atoms with van der Waals surface area (Å²) in [6, 6.07) is -3.01. The molecule has 3 amide bonds. The number of carbonyl (C=O) groups excluding carboxylic acids is 3. The fourth-order valence-electron chi connectivity index (χ4n) is 3.19. The molecule has 19 heteroatoms. The molecule has 0 saturated carbocycles. The van der Waals surface area contributed by atoms with Crippen molar-refractivity contribution >= 4 is 56.4 Å². The van der Waals surface area contributed by atoms with E-state index in [2.05, 4.69) is 15.5 Å². The Labute approximate surface area is 207 Å². The van der Waals surface area contributed by atoms with Crippen LogP contribution in [0, 0.1) is 0 Å². The predicted octanol–water partition coefficient (Wildman–Crippen LogP) is -2.38. The van der Waals surface area contributed by atoms with Crippen LogP contribution >= 0.6 is 11.3 Å². The minimum atomic E-state index is -5.06. The molecule has 0 aromatic carbocycles. The summed E-state index contributed by atoms with van der Waals surface area (Å²) in [6.45, 7) is 1.20. The molecule has 0 spiro atoms. The number of β-lactam (4-membered cyclic amide) rings is 1. The molecule has 2 fully saturated rings. The molecule has 198 valence electrons. The molecule has 0 bridgehead atoms. The van der Waals surface area contributed by atoms with Crippen LogP contribution in [0.1, 0.15) is 19.5 Å². The van der Waals surface area contributed by atoms with Crippen molar-refractivity contribution in [2.75, 3.05) is 25.4 Å². The SMILES string of the molecule is CC(C)(O/N=C(\C(=O)N[C@@H]1C(=O)N(S(=O)(=O)O)[C@@H]1CN1C[C@@H](CO)OC1=O)c1csc(N)n1)C(=O)O. The van der Waals surface area contributed by atoms with Gasteiger partial charge in [-0.3, -0.25) is 14.1 Å². The lowest BCUT2D eigenvalue weighted by Gasteiger charge is -2.45. The number of oxime groups is 1. The number of hydrogen-bond donors (Lipinski definition) is 5. The van der Waals surface area contributed by atoms with Crippen molar-refractivity contribution in [2.45, 2.75) is 37.6 Å². The topological polar surface area (TPSA) is 251 Å². The first-order valence-electron chi connectivity index (χ1n) is 10.0. The Morgan fingerprint density at radius 2 is 2.08 bits per heavy atom. The maximum absolute atomic E-state index is 13.0. The van der Waals surface area contributed by atoms with Crippen molar-refractivity contribution in [1.82, 2.24) is 19.5 Å². The number of carboxylic acid groups (broad SMARTS) is 1. The molecule has 6 N–H and O–H groups in total. The minimum Gasteiger partial charge on any atom is -0.478 e. The summed E-state index contributed by atoms with van der Waals surface area (Å²) in [7, 11) is -5.06. The largest absolute Gasteiger partial charge is 0.478 e. The van der Waals surface area contributed by atoms with E-state index in [0.29, 0.717) is 0 Å². The van der Waals surface area contributed by atoms with Gasteiger partial charge >= 0.3 is 22.4 Å². The number of aliphatic hydroxyl groups is 1. The molecule has 1 aromatic rings. The standard InChI is InChI=1S/C17H22N6O11S2/c1-17(2,14(27)28)34-21-10(8-6-35-15(18)19-8)12(25)20-11-9(23(13(11)26)36(30,31)32)4-22-3-7(5-24)33-16(22)29/h6-7,9,11,24H,3-5H2,1-2H3,(H2,18,19)(H,20,25)(H,27,28)(H,30,31,32)/b21-10-/t7-,9+,11-/m0/s1. The number of nitrogens with two attached hydrogens (primary N) is 1. The molecule has 36 heavy (non-hydrogen) atoms. The number of nitrogens with one attached hydrogen (secondary N) is 1. The van der Waals surface area contributed by atoms with Crippen LogP contribution in [0.4, 0.5) is 9.93 Å². The second-order valence-electron chi connectivity index (χ2n) is 8.14. The molecule has 2 aliphatic rings. The Kier molecular flexibility index (Phi) is 7.39. The maximum atomic E-state index is 13.0. The Morgan fingerprint density at radius 1 is 1.42 bits per heavy atom. The maximum Gasteiger partial charge on any atom is 0.410 e. The monoisotopic (exact) mass is 550 g/mol. The Hall–Kier alpha value is -3.55. The van der Waals surface area contributed by atoms with Gasteiger partial charge < -0.3 is 35.7 Å². The van der Waals surface area contributed by atoms with E-state index in [1.54, 1.807) is 0 Å². The third-order valence-corrected chi connectivity index (χ3v) is 6.75. The van der Waals surface area contributed by atoms with Gasteiger partial charge in [0.2, 0.25) is 5.60 Å². The molecular formula is C17H22N6O11S2. The number of cyclic esters (lactones) is 1. The van der Waals surface area contributed by atoms with Crippen molar-refractivity contribution in [1.29, 1.82) is 0 Å². The molecular weight excluding hydrogens is 528 g/mol. The smallest absolute Gasteiger partial charge is 0.410 e. The number of carbonyl (C=O) groups is 4. The summed E-state index contributed by atoms with van der Waals surface area (Å²) < 4.78 is 37.9. The molecule has 17 nitrogen and oxygen atoms in total. The fraction of sp³-hybridized carbons (Fsp3) is 0.529. The van der Waals surface area contributed by atoms with Gasteiger partial charge in [0.1, 0.15) is 17.8 Å². The lowest BCUT2D eigenvalue weighted by molar-refractivity contribution is -0.161. The zero-order valence-electron chi connectivity index (χ0n) is 18.7. The van der Waals surface area contributed by atoms with E-state index >= 15 is 0 Å². The van der Waals surface area contributed by atoms with Gasteiger partial charge in [0.15, 0.2) is 10.8 Å². The summed E-state index contributed by atoms with van der Waals surface area (Å²) in [4.78, 5) is 58.7. The van der Waals surface area contributed by atoms with E-state index in [1.807, 2.05) is 0 Å². The van der Waals surface area contributed by atoms with Gasteiger partial charge in [-0.25, -0.2) is 18.9 Å². The normalized spacial score (nSPS) is 22.8. The molecule has 0 aliphatic carbocycles. The highest BCUT2D eigenvalue weighted by Crippen LogP contribution is 2.26. The van der Waals surface area contributed by atoms with Gasteiger partial charge in [-0.1, -0.05) is 5.16 Å². The van der Waals surface area contributed by atoms with Crippen molar-refractivity contribution in [3.05, 3.63) is 11.1 Å². The van der Waals surface area contributed by atoms with Crippen molar-refractivity contribution in [3.8, 4) is 0 Å². The molecule has 3 rings (SSSR count). The third kappa shape index (κ3) is 5.48. The van der Waals surface area contributed by atoms with Crippen LogP contribution in [0.25, 0.3) is 0 Å². The number of carboxylic acids is 1. The molecule has 0 radical (unpaired) electrons. The third-order valence-electron chi connectivity index (χ3n) is 5.13. The number of nitrogens with zero attached hydrogens (tertiary/aromatic N) is 4. The van der Waals surface area contributed by atoms with Gasteiger partial charge in [0.05, 0.1) is 19.2 Å². The lowest BCUT2D eigenvalue weighted by atomic mass is 9.97. The van der Waals surface area contributed by atoms with Crippen LogP contribution in [0.5, 0.6) is 0 Å². The first kappa shape index (κ1) is 27.0. The molecule has 0 unspecified atom stereocenters. The number of nitrogen functional groups attached to an aromatic ring is 1. The first-order chi connectivity index (χ1) is 16.7. The van der Waals surface area contributed by atoms with E-state index in [9.17, 15) is 42.4 Å². The van der Waals surface area contributed by atoms with E-state index in [4.69, 9.17) is 15.3 Å². The van der Waals surface area contributed by atoms with Crippen molar-refractivity contribution < 1.29 is 51.9 Å². The molecule has 1 aromatic heterocycles. The number of rotatable bonds is 10. The van der Waals surface area contributed by atoms with Gasteiger partial charge in [0, 0.05) is 11.9 Å². The van der Waals surface area contributed by atoms with Gasteiger partial charge in [0.25, 0.3) is 11.8 Å². The number of anilines is 1. The van der Waals surface area contributed by atoms with Gasteiger partial charge in [-0.15, -0.1) is 11.3 Å². The van der Waals surface area contributed by atoms with Gasteiger partial charge in [-0.05, 0) is 13.8 Å². The number of aliphatic carboxylic acids is 1. The molecule has 2 aliphatic heterocycles. The molecule has 3 heterocycles. The van der Waals surface area contributed by atoms with E-state index in [1.165, 1.54) is 5.38 Å². The van der Waals surface area contributed by atoms with Crippen molar-refractivity contribution in [3.63, 3.8) is 0 Å². The highest BCUT2D eigenvalue weighted by atomic mass is 32.2. The number of thiazole rings is 1. The van der Waals surface area contributed by atoms with Gasteiger partial charge in [-0.2, -0.15) is 8.42 Å². The van der Waals surface area contributed by atoms with Crippen molar-refractivity contribution in [2.24, 2.45) is 5.16 Å². The van der Waals surface area contributed by atoms with E-state index in [-0.39, 0.29) is 21.7 Å². The summed E-state index contributed by atoms with van der Waals surface area (Å²) in [5.74, 6) is -3.73. The summed E-state index contributed by atoms with van der Waals surface area (Å²) >= 11 is 0.925. The Morgan fingerprint density at radius 3 is 2.58 bits per heavy atom.